The van der Waals surface area contributed by atoms with Crippen LogP contribution in [0.5, 0.6) is 0 Å². The Bertz CT molecular complexity index is 500. The molecule has 1 spiro atoms. The number of benzene rings is 1. The molecule has 2 saturated heterocycles. The van der Waals surface area contributed by atoms with Gasteiger partial charge in [0.15, 0.2) is 0 Å². The van der Waals surface area contributed by atoms with Crippen LogP contribution in [-0.4, -0.2) is 48.3 Å². The zero-order valence-electron chi connectivity index (χ0n) is 11.3. The molecule has 3 rings (SSSR count). The molecule has 2 heterocycles. The number of para-hydroxylation sites is 1. The van der Waals surface area contributed by atoms with Crippen LogP contribution in [0.4, 0.5) is 5.69 Å². The number of nitro benzene ring substituents is 1. The van der Waals surface area contributed by atoms with Crippen molar-refractivity contribution in [3.63, 3.8) is 0 Å². The van der Waals surface area contributed by atoms with E-state index in [1.165, 1.54) is 0 Å². The maximum absolute atomic E-state index is 11.1. The predicted octanol–water partition coefficient (Wildman–Crippen LogP) is 1.59. The predicted molar refractivity (Wildman–Crippen MR) is 72.5 cm³/mol. The van der Waals surface area contributed by atoms with Gasteiger partial charge in [-0.3, -0.25) is 15.0 Å². The summed E-state index contributed by atoms with van der Waals surface area (Å²) >= 11 is 0. The van der Waals surface area contributed by atoms with E-state index in [2.05, 4.69) is 4.90 Å². The number of nitrogens with zero attached hydrogens (tertiary/aromatic N) is 2. The molecule has 0 unspecified atom stereocenters. The fraction of sp³-hybridized carbons (Fsp3) is 0.571. The summed E-state index contributed by atoms with van der Waals surface area (Å²) in [6, 6.07) is 6.95. The topological polar surface area (TPSA) is 64.8 Å². The van der Waals surface area contributed by atoms with Gasteiger partial charge in [-0.25, -0.2) is 0 Å². The average Bonchev–Trinajstić information content (AvgIpc) is 2.91. The monoisotopic (exact) mass is 278 g/mol. The Labute approximate surface area is 117 Å². The lowest BCUT2D eigenvalue weighted by atomic mass is 9.95. The minimum Gasteiger partial charge on any atom is -0.379 e. The molecule has 0 radical (unpaired) electrons. The number of hydrogen-bond acceptors (Lipinski definition) is 5. The minimum absolute atomic E-state index is 0.109. The molecule has 108 valence electrons. The molecule has 6 heteroatoms. The quantitative estimate of drug-likeness (QED) is 0.620. The van der Waals surface area contributed by atoms with Gasteiger partial charge >= 0.3 is 0 Å². The molecule has 0 N–H and O–H groups in total. The fourth-order valence-electron chi connectivity index (χ4n) is 3.00. The van der Waals surface area contributed by atoms with Crippen LogP contribution >= 0.6 is 0 Å². The lowest BCUT2D eigenvalue weighted by Crippen LogP contribution is -2.56. The highest BCUT2D eigenvalue weighted by molar-refractivity contribution is 5.39. The van der Waals surface area contributed by atoms with Gasteiger partial charge in [-0.1, -0.05) is 18.2 Å². The molecule has 2 fully saturated rings. The maximum atomic E-state index is 11.1. The molecule has 0 bridgehead atoms. The molecular formula is C14H18N2O4. The number of morpholine rings is 1. The third-order valence-corrected chi connectivity index (χ3v) is 4.18. The van der Waals surface area contributed by atoms with Crippen molar-refractivity contribution < 1.29 is 14.4 Å². The Kier molecular flexibility index (Phi) is 3.69. The van der Waals surface area contributed by atoms with Crippen LogP contribution in [0.25, 0.3) is 0 Å². The highest BCUT2D eigenvalue weighted by atomic mass is 16.6. The molecule has 0 saturated carbocycles. The normalized spacial score (nSPS) is 27.0. The standard InChI is InChI=1S/C14H18N2O4/c17-16(18)13-4-2-1-3-12(13)9-15-6-8-20-11-14(15)5-7-19-10-14/h1-4H,5-11H2/t14-/m1/s1. The molecule has 1 aromatic carbocycles. The van der Waals surface area contributed by atoms with E-state index in [-0.39, 0.29) is 16.1 Å². The van der Waals surface area contributed by atoms with Crippen molar-refractivity contribution >= 4 is 5.69 Å². The van der Waals surface area contributed by atoms with Crippen molar-refractivity contribution in [1.29, 1.82) is 0 Å². The number of ether oxygens (including phenoxy) is 2. The summed E-state index contributed by atoms with van der Waals surface area (Å²) in [5.74, 6) is 0. The molecule has 1 aromatic rings. The Morgan fingerprint density at radius 3 is 2.75 bits per heavy atom. The second-order valence-electron chi connectivity index (χ2n) is 5.39. The lowest BCUT2D eigenvalue weighted by molar-refractivity contribution is -0.385. The molecule has 1 atom stereocenters. The molecule has 0 aliphatic carbocycles. The van der Waals surface area contributed by atoms with E-state index in [0.29, 0.717) is 26.4 Å². The van der Waals surface area contributed by atoms with Gasteiger partial charge in [-0.15, -0.1) is 0 Å². The molecule has 6 nitrogen and oxygen atoms in total. The van der Waals surface area contributed by atoms with Gasteiger partial charge in [0, 0.05) is 31.3 Å². The zero-order chi connectivity index (χ0) is 14.0. The van der Waals surface area contributed by atoms with E-state index in [4.69, 9.17) is 9.47 Å². The van der Waals surface area contributed by atoms with E-state index in [0.717, 1.165) is 25.1 Å². The van der Waals surface area contributed by atoms with Gasteiger partial charge in [0.1, 0.15) is 0 Å². The summed E-state index contributed by atoms with van der Waals surface area (Å²) < 4.78 is 11.1. The molecule has 20 heavy (non-hydrogen) atoms. The Morgan fingerprint density at radius 2 is 2.00 bits per heavy atom. The van der Waals surface area contributed by atoms with Crippen LogP contribution < -0.4 is 0 Å². The van der Waals surface area contributed by atoms with Crippen LogP contribution in [0, 0.1) is 10.1 Å². The molecule has 0 amide bonds. The van der Waals surface area contributed by atoms with Crippen molar-refractivity contribution in [2.45, 2.75) is 18.5 Å². The first-order chi connectivity index (χ1) is 9.71. The summed E-state index contributed by atoms with van der Waals surface area (Å²) in [5, 5.41) is 11.1. The summed E-state index contributed by atoms with van der Waals surface area (Å²) in [6.45, 7) is 4.06. The van der Waals surface area contributed by atoms with Crippen LogP contribution in [0.2, 0.25) is 0 Å². The Morgan fingerprint density at radius 1 is 1.25 bits per heavy atom. The van der Waals surface area contributed by atoms with Crippen LogP contribution in [0.1, 0.15) is 12.0 Å². The van der Waals surface area contributed by atoms with Crippen LogP contribution in [-0.2, 0) is 16.0 Å². The second-order valence-corrected chi connectivity index (χ2v) is 5.39. The molecule has 2 aliphatic heterocycles. The maximum Gasteiger partial charge on any atom is 0.273 e. The lowest BCUT2D eigenvalue weighted by Gasteiger charge is -2.43. The average molecular weight is 278 g/mol. The summed E-state index contributed by atoms with van der Waals surface area (Å²) in [6.07, 6.45) is 0.924. The number of nitro groups is 1. The minimum atomic E-state index is -0.312. The first kappa shape index (κ1) is 13.5. The third kappa shape index (κ3) is 2.42. The molecule has 0 aromatic heterocycles. The molecule has 2 aliphatic rings. The second kappa shape index (κ2) is 5.47. The van der Waals surface area contributed by atoms with Crippen molar-refractivity contribution in [2.75, 3.05) is 33.0 Å². The summed E-state index contributed by atoms with van der Waals surface area (Å²) in [4.78, 5) is 13.1. The van der Waals surface area contributed by atoms with Crippen molar-refractivity contribution in [3.05, 3.63) is 39.9 Å². The largest absolute Gasteiger partial charge is 0.379 e. The zero-order valence-corrected chi connectivity index (χ0v) is 11.3. The number of rotatable bonds is 3. The Balaban J connectivity index is 1.84. The van der Waals surface area contributed by atoms with Gasteiger partial charge in [0.2, 0.25) is 0 Å². The Hall–Kier alpha value is -1.50. The van der Waals surface area contributed by atoms with E-state index in [1.54, 1.807) is 12.1 Å². The van der Waals surface area contributed by atoms with Gasteiger partial charge in [0.05, 0.1) is 30.3 Å². The van der Waals surface area contributed by atoms with E-state index in [1.807, 2.05) is 12.1 Å². The highest BCUT2D eigenvalue weighted by Crippen LogP contribution is 2.32. The first-order valence-corrected chi connectivity index (χ1v) is 6.84. The van der Waals surface area contributed by atoms with E-state index in [9.17, 15) is 10.1 Å². The van der Waals surface area contributed by atoms with Crippen LogP contribution in [0.15, 0.2) is 24.3 Å². The SMILES string of the molecule is O=[N+]([O-])c1ccccc1CN1CCOC[C@]12CCOC2. The van der Waals surface area contributed by atoms with Gasteiger partial charge < -0.3 is 9.47 Å². The van der Waals surface area contributed by atoms with E-state index >= 15 is 0 Å². The van der Waals surface area contributed by atoms with Crippen LogP contribution in [0.3, 0.4) is 0 Å². The third-order valence-electron chi connectivity index (χ3n) is 4.18. The smallest absolute Gasteiger partial charge is 0.273 e. The summed E-state index contributed by atoms with van der Waals surface area (Å²) in [7, 11) is 0. The molecular weight excluding hydrogens is 260 g/mol. The van der Waals surface area contributed by atoms with Gasteiger partial charge in [-0.05, 0) is 6.42 Å². The van der Waals surface area contributed by atoms with E-state index < -0.39 is 0 Å². The highest BCUT2D eigenvalue weighted by Gasteiger charge is 2.43. The van der Waals surface area contributed by atoms with Crippen molar-refractivity contribution in [1.82, 2.24) is 4.90 Å². The first-order valence-electron chi connectivity index (χ1n) is 6.84. The number of hydrogen-bond donors (Lipinski definition) is 0. The van der Waals surface area contributed by atoms with Gasteiger partial charge in [0.25, 0.3) is 5.69 Å². The van der Waals surface area contributed by atoms with Crippen molar-refractivity contribution in [3.8, 4) is 0 Å². The summed E-state index contributed by atoms with van der Waals surface area (Å²) in [5.41, 5.74) is 0.834. The van der Waals surface area contributed by atoms with Gasteiger partial charge in [-0.2, -0.15) is 0 Å². The van der Waals surface area contributed by atoms with Crippen molar-refractivity contribution in [2.24, 2.45) is 0 Å². The fourth-order valence-corrected chi connectivity index (χ4v) is 3.00.